The predicted octanol–water partition coefficient (Wildman–Crippen LogP) is 1.67. The van der Waals surface area contributed by atoms with Gasteiger partial charge in [-0.2, -0.15) is 0 Å². The van der Waals surface area contributed by atoms with Gasteiger partial charge in [0.25, 0.3) is 0 Å². The minimum atomic E-state index is -0.114. The Labute approximate surface area is 83.1 Å². The van der Waals surface area contributed by atoms with E-state index in [0.29, 0.717) is 0 Å². The van der Waals surface area contributed by atoms with Crippen LogP contribution in [-0.2, 0) is 9.53 Å². The Morgan fingerprint density at radius 3 is 2.93 bits per heavy atom. The van der Waals surface area contributed by atoms with Gasteiger partial charge in [-0.15, -0.1) is 0 Å². The van der Waals surface area contributed by atoms with E-state index < -0.39 is 0 Å². The Morgan fingerprint density at radius 2 is 2.36 bits per heavy atom. The summed E-state index contributed by atoms with van der Waals surface area (Å²) in [7, 11) is 1.43. The van der Waals surface area contributed by atoms with Crippen molar-refractivity contribution in [3.05, 3.63) is 29.6 Å². The van der Waals surface area contributed by atoms with Crippen LogP contribution >= 0.6 is 0 Å². The van der Waals surface area contributed by atoms with E-state index in [1.165, 1.54) is 7.11 Å². The van der Waals surface area contributed by atoms with Crippen molar-refractivity contribution in [3.8, 4) is 0 Å². The van der Waals surface area contributed by atoms with Crippen LogP contribution in [0.2, 0.25) is 0 Å². The minimum absolute atomic E-state index is 0.0372. The number of aryl methyl sites for hydroxylation is 1. The van der Waals surface area contributed by atoms with Crippen molar-refractivity contribution in [2.24, 2.45) is 5.92 Å². The van der Waals surface area contributed by atoms with Gasteiger partial charge in [-0.3, -0.25) is 9.78 Å². The zero-order valence-corrected chi connectivity index (χ0v) is 8.36. The summed E-state index contributed by atoms with van der Waals surface area (Å²) in [5.74, 6) is 0.204. The fraction of sp³-hybridized carbons (Fsp3) is 0.455. The summed E-state index contributed by atoms with van der Waals surface area (Å²) in [5.41, 5.74) is 2.15. The second-order valence-electron chi connectivity index (χ2n) is 3.73. The van der Waals surface area contributed by atoms with Crippen LogP contribution in [0.1, 0.15) is 23.6 Å². The van der Waals surface area contributed by atoms with E-state index in [-0.39, 0.29) is 17.8 Å². The third-order valence-electron chi connectivity index (χ3n) is 2.61. The number of aromatic nitrogens is 1. The molecule has 0 bridgehead atoms. The number of carbonyl (C=O) groups is 1. The molecule has 1 fully saturated rings. The predicted molar refractivity (Wildman–Crippen MR) is 51.8 cm³/mol. The Balaban J connectivity index is 2.06. The molecule has 0 unspecified atom stereocenters. The summed E-state index contributed by atoms with van der Waals surface area (Å²) in [6.07, 6.45) is 2.71. The molecule has 0 N–H and O–H groups in total. The monoisotopic (exact) mass is 191 g/mol. The SMILES string of the molecule is COC(=O)[C@H]1C[C@@H]1c1ccc(C)cn1. The third-order valence-corrected chi connectivity index (χ3v) is 2.61. The maximum atomic E-state index is 11.2. The van der Waals surface area contributed by atoms with Crippen LogP contribution in [0.5, 0.6) is 0 Å². The number of ether oxygens (including phenoxy) is 1. The molecule has 74 valence electrons. The highest BCUT2D eigenvalue weighted by Crippen LogP contribution is 2.47. The number of pyridine rings is 1. The molecular formula is C11H13NO2. The van der Waals surface area contributed by atoms with E-state index in [4.69, 9.17) is 0 Å². The molecule has 0 aromatic carbocycles. The molecule has 0 aliphatic heterocycles. The zero-order valence-electron chi connectivity index (χ0n) is 8.36. The van der Waals surface area contributed by atoms with E-state index in [1.807, 2.05) is 25.3 Å². The number of hydrogen-bond donors (Lipinski definition) is 0. The highest BCUT2D eigenvalue weighted by atomic mass is 16.5. The van der Waals surface area contributed by atoms with Crippen LogP contribution in [0.4, 0.5) is 0 Å². The topological polar surface area (TPSA) is 39.2 Å². The molecule has 2 atom stereocenters. The first-order valence-electron chi connectivity index (χ1n) is 4.72. The van der Waals surface area contributed by atoms with E-state index in [1.54, 1.807) is 0 Å². The van der Waals surface area contributed by atoms with Gasteiger partial charge in [0, 0.05) is 17.8 Å². The quantitative estimate of drug-likeness (QED) is 0.667. The number of rotatable bonds is 2. The Morgan fingerprint density at radius 1 is 1.57 bits per heavy atom. The molecule has 1 aliphatic rings. The Kier molecular flexibility index (Phi) is 2.23. The molecule has 2 rings (SSSR count). The molecule has 1 heterocycles. The van der Waals surface area contributed by atoms with Crippen molar-refractivity contribution in [1.82, 2.24) is 4.98 Å². The van der Waals surface area contributed by atoms with Gasteiger partial charge >= 0.3 is 5.97 Å². The highest BCUT2D eigenvalue weighted by molar-refractivity contribution is 5.77. The summed E-state index contributed by atoms with van der Waals surface area (Å²) in [4.78, 5) is 15.5. The molecule has 3 heteroatoms. The molecule has 1 aromatic heterocycles. The number of carbonyl (C=O) groups excluding carboxylic acids is 1. The van der Waals surface area contributed by atoms with Crippen LogP contribution in [0, 0.1) is 12.8 Å². The smallest absolute Gasteiger partial charge is 0.309 e. The van der Waals surface area contributed by atoms with Crippen LogP contribution in [-0.4, -0.2) is 18.1 Å². The number of nitrogens with zero attached hydrogens (tertiary/aromatic N) is 1. The second-order valence-corrected chi connectivity index (χ2v) is 3.73. The lowest BCUT2D eigenvalue weighted by Gasteiger charge is -1.99. The maximum Gasteiger partial charge on any atom is 0.309 e. The van der Waals surface area contributed by atoms with Gasteiger partial charge in [0.15, 0.2) is 0 Å². The van der Waals surface area contributed by atoms with Gasteiger partial charge in [0.05, 0.1) is 13.0 Å². The van der Waals surface area contributed by atoms with Crippen LogP contribution in [0.25, 0.3) is 0 Å². The van der Waals surface area contributed by atoms with Gasteiger partial charge in [0.1, 0.15) is 0 Å². The fourth-order valence-corrected chi connectivity index (χ4v) is 1.63. The lowest BCUT2D eigenvalue weighted by molar-refractivity contribution is -0.142. The molecule has 1 saturated carbocycles. The Bertz CT molecular complexity index is 345. The lowest BCUT2D eigenvalue weighted by atomic mass is 10.2. The largest absolute Gasteiger partial charge is 0.469 e. The molecule has 0 radical (unpaired) electrons. The summed E-state index contributed by atoms with van der Waals surface area (Å²) in [6, 6.07) is 4.01. The Hall–Kier alpha value is -1.38. The van der Waals surface area contributed by atoms with Crippen LogP contribution in [0.3, 0.4) is 0 Å². The minimum Gasteiger partial charge on any atom is -0.469 e. The summed E-state index contributed by atoms with van der Waals surface area (Å²) in [6.45, 7) is 2.00. The average molecular weight is 191 g/mol. The van der Waals surface area contributed by atoms with Gasteiger partial charge in [-0.1, -0.05) is 6.07 Å². The molecular weight excluding hydrogens is 178 g/mol. The highest BCUT2D eigenvalue weighted by Gasteiger charge is 2.45. The molecule has 14 heavy (non-hydrogen) atoms. The molecule has 1 aliphatic carbocycles. The standard InChI is InChI=1S/C11H13NO2/c1-7-3-4-10(12-6-7)8-5-9(8)11(13)14-2/h3-4,6,8-9H,5H2,1-2H3/t8-,9-/m0/s1. The zero-order chi connectivity index (χ0) is 10.1. The third kappa shape index (κ3) is 1.62. The molecule has 0 spiro atoms. The average Bonchev–Trinajstić information content (AvgIpc) is 2.98. The van der Waals surface area contributed by atoms with Crippen molar-refractivity contribution in [1.29, 1.82) is 0 Å². The van der Waals surface area contributed by atoms with Crippen LogP contribution in [0.15, 0.2) is 18.3 Å². The van der Waals surface area contributed by atoms with Crippen molar-refractivity contribution in [2.75, 3.05) is 7.11 Å². The maximum absolute atomic E-state index is 11.2. The first-order chi connectivity index (χ1) is 6.72. The van der Waals surface area contributed by atoms with Gasteiger partial charge in [0.2, 0.25) is 0 Å². The van der Waals surface area contributed by atoms with Crippen molar-refractivity contribution < 1.29 is 9.53 Å². The van der Waals surface area contributed by atoms with Crippen LogP contribution < -0.4 is 0 Å². The van der Waals surface area contributed by atoms with Crippen molar-refractivity contribution in [3.63, 3.8) is 0 Å². The first-order valence-corrected chi connectivity index (χ1v) is 4.72. The number of esters is 1. The number of hydrogen-bond acceptors (Lipinski definition) is 3. The van der Waals surface area contributed by atoms with E-state index in [0.717, 1.165) is 17.7 Å². The summed E-state index contributed by atoms with van der Waals surface area (Å²) in [5, 5.41) is 0. The lowest BCUT2D eigenvalue weighted by Crippen LogP contribution is -2.04. The summed E-state index contributed by atoms with van der Waals surface area (Å²) >= 11 is 0. The van der Waals surface area contributed by atoms with E-state index in [9.17, 15) is 4.79 Å². The molecule has 1 aromatic rings. The molecule has 0 amide bonds. The first kappa shape index (κ1) is 9.19. The second kappa shape index (κ2) is 3.40. The van der Waals surface area contributed by atoms with E-state index in [2.05, 4.69) is 9.72 Å². The number of methoxy groups -OCH3 is 1. The van der Waals surface area contributed by atoms with E-state index >= 15 is 0 Å². The van der Waals surface area contributed by atoms with Gasteiger partial charge in [-0.25, -0.2) is 0 Å². The van der Waals surface area contributed by atoms with Gasteiger partial charge in [-0.05, 0) is 25.0 Å². The summed E-state index contributed by atoms with van der Waals surface area (Å²) < 4.78 is 4.68. The molecule has 0 saturated heterocycles. The van der Waals surface area contributed by atoms with Gasteiger partial charge < -0.3 is 4.74 Å². The van der Waals surface area contributed by atoms with Crippen molar-refractivity contribution >= 4 is 5.97 Å². The normalized spacial score (nSPS) is 24.4. The molecule has 3 nitrogen and oxygen atoms in total. The van der Waals surface area contributed by atoms with Crippen molar-refractivity contribution in [2.45, 2.75) is 19.3 Å². The fourth-order valence-electron chi connectivity index (χ4n) is 1.63.